The zero-order valence-corrected chi connectivity index (χ0v) is 24.6. The molecule has 43 heavy (non-hydrogen) atoms. The third-order valence-corrected chi connectivity index (χ3v) is 8.00. The minimum atomic E-state index is -0.419. The highest BCUT2D eigenvalue weighted by atomic mass is 35.5. The molecule has 1 heterocycles. The lowest BCUT2D eigenvalue weighted by molar-refractivity contribution is 0.0955. The van der Waals surface area contributed by atoms with Crippen LogP contribution < -0.4 is 10.2 Å². The number of halogens is 1. The Kier molecular flexibility index (Phi) is 11.4. The van der Waals surface area contributed by atoms with Gasteiger partial charge in [-0.25, -0.2) is 5.43 Å². The summed E-state index contributed by atoms with van der Waals surface area (Å²) in [5, 5.41) is 13.9. The molecule has 6 nitrogen and oxygen atoms in total. The number of rotatable bonds is 10. The molecule has 1 saturated heterocycles. The number of aryl methyl sites for hydroxylation is 1. The first kappa shape index (κ1) is 31.8. The van der Waals surface area contributed by atoms with E-state index in [9.17, 15) is 9.90 Å². The van der Waals surface area contributed by atoms with Gasteiger partial charge in [0.25, 0.3) is 5.91 Å². The van der Waals surface area contributed by atoms with E-state index >= 15 is 0 Å². The van der Waals surface area contributed by atoms with Gasteiger partial charge >= 0.3 is 0 Å². The molecule has 0 atom stereocenters. The second kappa shape index (κ2) is 15.4. The van der Waals surface area contributed by atoms with E-state index in [0.29, 0.717) is 12.2 Å². The van der Waals surface area contributed by atoms with Crippen molar-refractivity contribution < 1.29 is 16.1 Å². The summed E-state index contributed by atoms with van der Waals surface area (Å²) in [6.07, 6.45) is 5.21. The van der Waals surface area contributed by atoms with Crippen LogP contribution in [0.2, 0.25) is 5.02 Å². The van der Waals surface area contributed by atoms with Crippen LogP contribution in [-0.2, 0) is 6.42 Å². The number of hydrogen-bond donors (Lipinski definition) is 2. The Balaban J connectivity index is 0.00000264. The summed E-state index contributed by atoms with van der Waals surface area (Å²) < 4.78 is 6.44. The lowest BCUT2D eigenvalue weighted by atomic mass is 9.90. The number of benzene rings is 4. The number of aromatic hydroxyl groups is 1. The van der Waals surface area contributed by atoms with E-state index in [2.05, 4.69) is 57.9 Å². The molecule has 226 valence electrons. The molecule has 2 N–H and O–H groups in total. The monoisotopic (exact) mass is 599 g/mol. The number of hydrogen-bond acceptors (Lipinski definition) is 5. The molecule has 0 aliphatic carbocycles. The van der Waals surface area contributed by atoms with Gasteiger partial charge in [-0.2, -0.15) is 5.10 Å². The van der Waals surface area contributed by atoms with Crippen LogP contribution in [0.4, 0.5) is 0 Å². The summed E-state index contributed by atoms with van der Waals surface area (Å²) >= 11 is 5.93. The molecular weight excluding hydrogens is 558 g/mol. The summed E-state index contributed by atoms with van der Waals surface area (Å²) in [7, 11) is 0. The van der Waals surface area contributed by atoms with E-state index in [1.54, 1.807) is 6.21 Å². The second-order valence-electron chi connectivity index (χ2n) is 10.8. The van der Waals surface area contributed by atoms with Gasteiger partial charge in [0.1, 0.15) is 18.1 Å². The van der Waals surface area contributed by atoms with E-state index in [4.69, 9.17) is 16.3 Å². The molecule has 4 aromatic carbocycles. The number of amides is 1. The number of ether oxygens (including phenoxy) is 1. The van der Waals surface area contributed by atoms with Crippen LogP contribution in [0, 0.1) is 12.8 Å². The highest BCUT2D eigenvalue weighted by Crippen LogP contribution is 2.34. The molecule has 1 amide bonds. The Bertz CT molecular complexity index is 1520. The van der Waals surface area contributed by atoms with Crippen molar-refractivity contribution in [2.45, 2.75) is 33.6 Å². The number of piperidine rings is 1. The topological polar surface area (TPSA) is 74.2 Å². The normalized spacial score (nSPS) is 13.9. The minimum Gasteiger partial charge on any atom is -0.506 e. The molecule has 1 aliphatic rings. The number of carbonyl (C=O) groups is 1. The Morgan fingerprint density at radius 3 is 2.44 bits per heavy atom. The van der Waals surface area contributed by atoms with Crippen LogP contribution >= 0.6 is 11.6 Å². The summed E-state index contributed by atoms with van der Waals surface area (Å²) in [5.74, 6) is 1.11. The van der Waals surface area contributed by atoms with E-state index < -0.39 is 5.91 Å². The standard InChI is InChI=1S/C35H36ClN3O3.CH4.H2/c1-25-20-28(24-37-38-35(41)30-12-13-33(40)32(36)23-30)22-31(29-10-6-3-7-11-29)34(25)42-19-18-39-16-14-27(15-17-39)21-26-8-4-2-5-9-26;;/h2-13,20,22-24,27,40H,14-19,21H2,1H3,(H,38,41);1H4;1H/b37-24+;;. The van der Waals surface area contributed by atoms with Crippen LogP contribution in [0.3, 0.4) is 0 Å². The first-order chi connectivity index (χ1) is 20.5. The summed E-state index contributed by atoms with van der Waals surface area (Å²) in [6, 6.07) is 29.2. The Labute approximate surface area is 261 Å². The smallest absolute Gasteiger partial charge is 0.271 e. The number of likely N-dealkylation sites (tertiary alicyclic amines) is 1. The minimum absolute atomic E-state index is 0. The fourth-order valence-corrected chi connectivity index (χ4v) is 5.60. The molecule has 0 saturated carbocycles. The number of hydrazone groups is 1. The van der Waals surface area contributed by atoms with Gasteiger partial charge in [0.15, 0.2) is 0 Å². The summed E-state index contributed by atoms with van der Waals surface area (Å²) in [4.78, 5) is 15.0. The molecular formula is C36H42ClN3O3. The highest BCUT2D eigenvalue weighted by molar-refractivity contribution is 6.32. The SMILES string of the molecule is C.Cc1cc(/C=N/NC(=O)c2ccc(O)c(Cl)c2)cc(-c2ccccc2)c1OCCN1CCC(Cc2ccccc2)CC1.[HH]. The van der Waals surface area contributed by atoms with E-state index in [0.717, 1.165) is 60.0 Å². The molecule has 7 heteroatoms. The number of nitrogens with zero attached hydrogens (tertiary/aromatic N) is 2. The van der Waals surface area contributed by atoms with Crippen LogP contribution in [0.15, 0.2) is 96.1 Å². The van der Waals surface area contributed by atoms with Crippen LogP contribution in [-0.4, -0.2) is 48.4 Å². The maximum atomic E-state index is 12.5. The van der Waals surface area contributed by atoms with Crippen molar-refractivity contribution in [2.75, 3.05) is 26.2 Å². The van der Waals surface area contributed by atoms with Gasteiger partial charge in [-0.1, -0.05) is 79.7 Å². The van der Waals surface area contributed by atoms with Crippen LogP contribution in [0.5, 0.6) is 11.5 Å². The van der Waals surface area contributed by atoms with Crippen molar-refractivity contribution in [3.63, 3.8) is 0 Å². The van der Waals surface area contributed by atoms with Gasteiger partial charge in [-0.05, 0) is 97.8 Å². The molecule has 4 aromatic rings. The second-order valence-corrected chi connectivity index (χ2v) is 11.2. The molecule has 0 spiro atoms. The average Bonchev–Trinajstić information content (AvgIpc) is 3.01. The van der Waals surface area contributed by atoms with Crippen molar-refractivity contribution in [2.24, 2.45) is 11.0 Å². The van der Waals surface area contributed by atoms with E-state index in [-0.39, 0.29) is 19.6 Å². The van der Waals surface area contributed by atoms with Crippen molar-refractivity contribution in [3.8, 4) is 22.6 Å². The van der Waals surface area contributed by atoms with Gasteiger partial charge < -0.3 is 9.84 Å². The first-order valence-electron chi connectivity index (χ1n) is 14.4. The fourth-order valence-electron chi connectivity index (χ4n) is 5.42. The average molecular weight is 600 g/mol. The number of phenols is 1. The van der Waals surface area contributed by atoms with Crippen LogP contribution in [0.1, 0.15) is 48.7 Å². The zero-order chi connectivity index (χ0) is 29.3. The Hall–Kier alpha value is -4.13. The summed E-state index contributed by atoms with van der Waals surface area (Å²) in [6.45, 7) is 5.74. The molecule has 0 aromatic heterocycles. The number of nitrogens with one attached hydrogen (secondary N) is 1. The predicted molar refractivity (Wildman–Crippen MR) is 178 cm³/mol. The highest BCUT2D eigenvalue weighted by Gasteiger charge is 2.20. The van der Waals surface area contributed by atoms with Gasteiger partial charge in [-0.3, -0.25) is 9.69 Å². The van der Waals surface area contributed by atoms with Crippen molar-refractivity contribution in [1.82, 2.24) is 10.3 Å². The molecule has 5 rings (SSSR count). The zero-order valence-electron chi connectivity index (χ0n) is 23.8. The third-order valence-electron chi connectivity index (χ3n) is 7.70. The fraction of sp³-hybridized carbons (Fsp3) is 0.278. The van der Waals surface area contributed by atoms with Crippen molar-refractivity contribution in [3.05, 3.63) is 118 Å². The quantitative estimate of drug-likeness (QED) is 0.143. The predicted octanol–water partition coefficient (Wildman–Crippen LogP) is 8.00. The Morgan fingerprint density at radius 1 is 1.05 bits per heavy atom. The molecule has 0 radical (unpaired) electrons. The lowest BCUT2D eigenvalue weighted by Crippen LogP contribution is -2.37. The molecule has 1 aliphatic heterocycles. The van der Waals surface area contributed by atoms with Crippen molar-refractivity contribution in [1.29, 1.82) is 0 Å². The third kappa shape index (κ3) is 8.69. The lowest BCUT2D eigenvalue weighted by Gasteiger charge is -2.32. The molecule has 0 bridgehead atoms. The summed E-state index contributed by atoms with van der Waals surface area (Å²) in [5.41, 5.74) is 8.13. The van der Waals surface area contributed by atoms with Crippen molar-refractivity contribution >= 4 is 23.7 Å². The molecule has 0 unspecified atom stereocenters. The number of carbonyl (C=O) groups excluding carboxylic acids is 1. The maximum Gasteiger partial charge on any atom is 0.271 e. The van der Waals surface area contributed by atoms with Gasteiger partial charge in [-0.15, -0.1) is 0 Å². The van der Waals surface area contributed by atoms with E-state index in [1.165, 1.54) is 36.6 Å². The Morgan fingerprint density at radius 2 is 1.74 bits per heavy atom. The van der Waals surface area contributed by atoms with Crippen LogP contribution in [0.25, 0.3) is 11.1 Å². The largest absolute Gasteiger partial charge is 0.506 e. The van der Waals surface area contributed by atoms with Gasteiger partial charge in [0, 0.05) is 19.1 Å². The van der Waals surface area contributed by atoms with E-state index in [1.807, 2.05) is 37.3 Å². The number of phenolic OH excluding ortho intramolecular Hbond substituents is 1. The molecule has 1 fully saturated rings. The maximum absolute atomic E-state index is 12.5. The first-order valence-corrected chi connectivity index (χ1v) is 14.7. The van der Waals surface area contributed by atoms with Gasteiger partial charge in [0.05, 0.1) is 11.2 Å². The van der Waals surface area contributed by atoms with Gasteiger partial charge in [0.2, 0.25) is 0 Å².